The zero-order valence-electron chi connectivity index (χ0n) is 13.0. The second-order valence-electron chi connectivity index (χ2n) is 6.30. The van der Waals surface area contributed by atoms with Gasteiger partial charge in [0.1, 0.15) is 0 Å². The summed E-state index contributed by atoms with van der Waals surface area (Å²) in [6.45, 7) is 8.30. The molecule has 1 aliphatic carbocycles. The Balaban J connectivity index is 2.59. The van der Waals surface area contributed by atoms with E-state index in [2.05, 4.69) is 26.5 Å². The van der Waals surface area contributed by atoms with Crippen LogP contribution in [0.1, 0.15) is 78.1 Å². The van der Waals surface area contributed by atoms with E-state index < -0.39 is 0 Å². The Morgan fingerprint density at radius 1 is 1.11 bits per heavy atom. The van der Waals surface area contributed by atoms with Crippen LogP contribution in [-0.2, 0) is 0 Å². The van der Waals surface area contributed by atoms with Gasteiger partial charge in [0.15, 0.2) is 0 Å². The Morgan fingerprint density at radius 2 is 1.68 bits per heavy atom. The molecule has 2 atom stereocenters. The minimum absolute atomic E-state index is 0.273. The third-order valence-corrected chi connectivity index (χ3v) is 4.45. The van der Waals surface area contributed by atoms with Gasteiger partial charge in [-0.1, -0.05) is 56.8 Å². The molecular weight excluding hydrogens is 232 g/mol. The van der Waals surface area contributed by atoms with E-state index in [1.807, 2.05) is 0 Å². The largest absolute Gasteiger partial charge is 0.389 e. The first kappa shape index (κ1) is 16.5. The van der Waals surface area contributed by atoms with Crippen LogP contribution in [0, 0.1) is 5.92 Å². The SMILES string of the molecule is C=C(C)C1CCCCCCCCC/C=C(\C)C(O)C1. The minimum atomic E-state index is -0.273. The molecule has 0 amide bonds. The van der Waals surface area contributed by atoms with Gasteiger partial charge in [-0.25, -0.2) is 0 Å². The molecule has 0 radical (unpaired) electrons. The average Bonchev–Trinajstić information content (AvgIpc) is 2.37. The first-order chi connectivity index (χ1) is 9.11. The summed E-state index contributed by atoms with van der Waals surface area (Å²) in [5, 5.41) is 10.3. The molecule has 0 saturated heterocycles. The fraction of sp³-hybridized carbons (Fsp3) is 0.778. The number of rotatable bonds is 1. The molecule has 0 saturated carbocycles. The van der Waals surface area contributed by atoms with E-state index >= 15 is 0 Å². The van der Waals surface area contributed by atoms with Crippen LogP contribution in [0.5, 0.6) is 0 Å². The summed E-state index contributed by atoms with van der Waals surface area (Å²) in [5.74, 6) is 0.487. The van der Waals surface area contributed by atoms with E-state index in [1.54, 1.807) is 0 Å². The predicted octanol–water partition coefficient (Wildman–Crippen LogP) is 5.40. The fourth-order valence-corrected chi connectivity index (χ4v) is 2.91. The lowest BCUT2D eigenvalue weighted by Crippen LogP contribution is -2.16. The number of aliphatic hydroxyl groups is 1. The third kappa shape index (κ3) is 6.96. The summed E-state index contributed by atoms with van der Waals surface area (Å²) >= 11 is 0. The summed E-state index contributed by atoms with van der Waals surface area (Å²) in [6.07, 6.45) is 14.5. The number of allylic oxidation sites excluding steroid dienone is 2. The van der Waals surface area contributed by atoms with Crippen LogP contribution >= 0.6 is 0 Å². The molecule has 0 aliphatic heterocycles. The van der Waals surface area contributed by atoms with Gasteiger partial charge in [-0.2, -0.15) is 0 Å². The maximum atomic E-state index is 10.3. The van der Waals surface area contributed by atoms with Gasteiger partial charge < -0.3 is 5.11 Å². The monoisotopic (exact) mass is 264 g/mol. The van der Waals surface area contributed by atoms with Crippen molar-refractivity contribution in [3.05, 3.63) is 23.8 Å². The highest BCUT2D eigenvalue weighted by molar-refractivity contribution is 5.07. The first-order valence-electron chi connectivity index (χ1n) is 8.11. The molecule has 0 heterocycles. The fourth-order valence-electron chi connectivity index (χ4n) is 2.91. The van der Waals surface area contributed by atoms with Crippen molar-refractivity contribution in [2.75, 3.05) is 0 Å². The van der Waals surface area contributed by atoms with Crippen LogP contribution in [0.4, 0.5) is 0 Å². The van der Waals surface area contributed by atoms with Gasteiger partial charge >= 0.3 is 0 Å². The zero-order valence-corrected chi connectivity index (χ0v) is 13.0. The van der Waals surface area contributed by atoms with Gasteiger partial charge in [-0.05, 0) is 51.0 Å². The van der Waals surface area contributed by atoms with Crippen molar-refractivity contribution >= 4 is 0 Å². The minimum Gasteiger partial charge on any atom is -0.389 e. The van der Waals surface area contributed by atoms with Crippen LogP contribution in [0.15, 0.2) is 23.8 Å². The molecule has 0 aromatic rings. The molecule has 1 N–H and O–H groups in total. The lowest BCUT2D eigenvalue weighted by Gasteiger charge is -2.21. The van der Waals surface area contributed by atoms with E-state index in [9.17, 15) is 5.11 Å². The molecule has 19 heavy (non-hydrogen) atoms. The molecule has 1 aliphatic rings. The molecule has 0 aromatic heterocycles. The van der Waals surface area contributed by atoms with E-state index in [0.717, 1.165) is 18.4 Å². The van der Waals surface area contributed by atoms with Crippen LogP contribution in [0.3, 0.4) is 0 Å². The van der Waals surface area contributed by atoms with Crippen molar-refractivity contribution in [3.63, 3.8) is 0 Å². The Kier molecular flexibility index (Phi) is 8.13. The second-order valence-corrected chi connectivity index (χ2v) is 6.30. The van der Waals surface area contributed by atoms with Crippen molar-refractivity contribution in [1.82, 2.24) is 0 Å². The number of hydrogen-bond acceptors (Lipinski definition) is 1. The van der Waals surface area contributed by atoms with E-state index in [0.29, 0.717) is 5.92 Å². The Bertz CT molecular complexity index is 290. The van der Waals surface area contributed by atoms with Crippen molar-refractivity contribution in [3.8, 4) is 0 Å². The van der Waals surface area contributed by atoms with Gasteiger partial charge in [-0.15, -0.1) is 0 Å². The van der Waals surface area contributed by atoms with E-state index in [4.69, 9.17) is 0 Å². The number of aliphatic hydroxyl groups excluding tert-OH is 1. The molecule has 0 bridgehead atoms. The standard InChI is InChI=1S/C18H32O/c1-15(2)17-13-11-9-7-5-4-6-8-10-12-16(3)18(19)14-17/h12,17-19H,1,4-11,13-14H2,2-3H3/b16-12+. The van der Waals surface area contributed by atoms with Crippen LogP contribution in [0.25, 0.3) is 0 Å². The normalized spacial score (nSPS) is 31.0. The third-order valence-electron chi connectivity index (χ3n) is 4.45. The first-order valence-corrected chi connectivity index (χ1v) is 8.11. The summed E-state index contributed by atoms with van der Waals surface area (Å²) in [7, 11) is 0. The van der Waals surface area contributed by atoms with Crippen molar-refractivity contribution < 1.29 is 5.11 Å². The van der Waals surface area contributed by atoms with Gasteiger partial charge in [-0.3, -0.25) is 0 Å². The topological polar surface area (TPSA) is 20.2 Å². The summed E-state index contributed by atoms with van der Waals surface area (Å²) in [4.78, 5) is 0. The van der Waals surface area contributed by atoms with Crippen LogP contribution in [-0.4, -0.2) is 11.2 Å². The van der Waals surface area contributed by atoms with Gasteiger partial charge in [0.05, 0.1) is 6.10 Å². The quantitative estimate of drug-likeness (QED) is 0.629. The van der Waals surface area contributed by atoms with Crippen LogP contribution < -0.4 is 0 Å². The maximum absolute atomic E-state index is 10.3. The molecular formula is C18H32O. The van der Waals surface area contributed by atoms with Crippen molar-refractivity contribution in [2.45, 2.75) is 84.2 Å². The Labute approximate surface area is 119 Å². The smallest absolute Gasteiger partial charge is 0.0753 e. The average molecular weight is 264 g/mol. The zero-order chi connectivity index (χ0) is 14.1. The summed E-state index contributed by atoms with van der Waals surface area (Å²) < 4.78 is 0. The highest BCUT2D eigenvalue weighted by Gasteiger charge is 2.16. The van der Waals surface area contributed by atoms with Crippen molar-refractivity contribution in [1.29, 1.82) is 0 Å². The lowest BCUT2D eigenvalue weighted by molar-refractivity contribution is 0.179. The van der Waals surface area contributed by atoms with Gasteiger partial charge in [0.2, 0.25) is 0 Å². The molecule has 1 heteroatoms. The second kappa shape index (κ2) is 9.36. The highest BCUT2D eigenvalue weighted by atomic mass is 16.3. The van der Waals surface area contributed by atoms with Crippen molar-refractivity contribution in [2.24, 2.45) is 5.92 Å². The molecule has 1 nitrogen and oxygen atoms in total. The lowest BCUT2D eigenvalue weighted by atomic mass is 9.87. The molecule has 110 valence electrons. The molecule has 0 aromatic carbocycles. The summed E-state index contributed by atoms with van der Waals surface area (Å²) in [5.41, 5.74) is 2.39. The molecule has 0 spiro atoms. The molecule has 1 rings (SSSR count). The number of hydrogen-bond donors (Lipinski definition) is 1. The molecule has 2 unspecified atom stereocenters. The van der Waals surface area contributed by atoms with E-state index in [1.165, 1.54) is 56.9 Å². The van der Waals surface area contributed by atoms with E-state index in [-0.39, 0.29) is 6.10 Å². The highest BCUT2D eigenvalue weighted by Crippen LogP contribution is 2.25. The van der Waals surface area contributed by atoms with Gasteiger partial charge in [0, 0.05) is 0 Å². The Hall–Kier alpha value is -0.560. The predicted molar refractivity (Wildman–Crippen MR) is 84.2 cm³/mol. The summed E-state index contributed by atoms with van der Waals surface area (Å²) in [6, 6.07) is 0. The van der Waals surface area contributed by atoms with Crippen LogP contribution in [0.2, 0.25) is 0 Å². The van der Waals surface area contributed by atoms with Gasteiger partial charge in [0.25, 0.3) is 0 Å². The maximum Gasteiger partial charge on any atom is 0.0753 e. The molecule has 0 fully saturated rings. The Morgan fingerprint density at radius 3 is 2.32 bits per heavy atom.